The first kappa shape index (κ1) is 7.66. The Morgan fingerprint density at radius 1 is 1.62 bits per heavy atom. The second-order valence-corrected chi connectivity index (χ2v) is 6.05. The second-order valence-electron chi connectivity index (χ2n) is 2.29. The lowest BCUT2D eigenvalue weighted by molar-refractivity contribution is 0.564. The highest BCUT2D eigenvalue weighted by Crippen LogP contribution is 2.07. The van der Waals surface area contributed by atoms with Crippen LogP contribution in [0.4, 0.5) is 0 Å². The molecule has 0 rings (SSSR count). The van der Waals surface area contributed by atoms with E-state index in [2.05, 4.69) is 13.2 Å². The number of allylic oxidation sites excluding steroid dienone is 2. The third-order valence-corrected chi connectivity index (χ3v) is 2.81. The lowest BCUT2D eigenvalue weighted by Crippen LogP contribution is -2.26. The molecule has 0 aliphatic rings. The first-order valence-corrected chi connectivity index (χ1v) is 5.47. The molecule has 1 N–H and O–H groups in total. The van der Waals surface area contributed by atoms with Crippen molar-refractivity contribution in [2.24, 2.45) is 0 Å². The van der Waals surface area contributed by atoms with Crippen molar-refractivity contribution in [3.05, 3.63) is 24.4 Å². The molecule has 0 bridgehead atoms. The number of rotatable bonds is 2. The van der Waals surface area contributed by atoms with Gasteiger partial charge in [-0.15, -0.1) is 0 Å². The van der Waals surface area contributed by atoms with Crippen LogP contribution in [0.25, 0.3) is 0 Å². The molecule has 0 radical (unpaired) electrons. The van der Waals surface area contributed by atoms with Crippen molar-refractivity contribution >= 4 is 8.32 Å². The summed E-state index contributed by atoms with van der Waals surface area (Å²) in [5.74, 6) is 0. The Balaban J connectivity index is 4.02. The van der Waals surface area contributed by atoms with E-state index in [9.17, 15) is 4.80 Å². The van der Waals surface area contributed by atoms with E-state index in [4.69, 9.17) is 0 Å². The maximum Gasteiger partial charge on any atom is 0.213 e. The molecule has 46 valence electrons. The average Bonchev–Trinajstić information content (AvgIpc) is 1.62. The number of hydrogen-bond acceptors (Lipinski definition) is 1. The van der Waals surface area contributed by atoms with Crippen molar-refractivity contribution in [1.82, 2.24) is 0 Å². The Labute approximate surface area is 51.5 Å². The van der Waals surface area contributed by atoms with Crippen molar-refractivity contribution in [3.8, 4) is 0 Å². The van der Waals surface area contributed by atoms with E-state index < -0.39 is 8.32 Å². The van der Waals surface area contributed by atoms with Gasteiger partial charge in [-0.1, -0.05) is 19.2 Å². The molecule has 0 aromatic rings. The topological polar surface area (TPSA) is 20.2 Å². The summed E-state index contributed by atoms with van der Waals surface area (Å²) in [6.07, 6.45) is 1.62. The standard InChI is InChI=1S/C6H12OSi/c1-5-6(2)8(3,4)7/h5,7H,1-2H2,3-4H3. The molecule has 8 heavy (non-hydrogen) atoms. The Hall–Kier alpha value is -0.343. The first-order chi connectivity index (χ1) is 3.48. The van der Waals surface area contributed by atoms with Crippen molar-refractivity contribution in [2.45, 2.75) is 13.1 Å². The van der Waals surface area contributed by atoms with Crippen molar-refractivity contribution in [3.63, 3.8) is 0 Å². The fraction of sp³-hybridized carbons (Fsp3) is 0.333. The van der Waals surface area contributed by atoms with Gasteiger partial charge in [0.25, 0.3) is 0 Å². The Bertz CT molecular complexity index is 110. The van der Waals surface area contributed by atoms with Crippen LogP contribution in [-0.4, -0.2) is 13.1 Å². The van der Waals surface area contributed by atoms with Gasteiger partial charge < -0.3 is 4.80 Å². The molecule has 0 aromatic carbocycles. The first-order valence-electron chi connectivity index (χ1n) is 2.52. The molecule has 0 fully saturated rings. The van der Waals surface area contributed by atoms with Gasteiger partial charge in [0.05, 0.1) is 0 Å². The zero-order valence-electron chi connectivity index (χ0n) is 5.44. The minimum Gasteiger partial charge on any atom is -0.428 e. The lowest BCUT2D eigenvalue weighted by atomic mass is 10.6. The molecular weight excluding hydrogens is 116 g/mol. The molecule has 0 aliphatic carbocycles. The van der Waals surface area contributed by atoms with Gasteiger partial charge in [-0.05, 0) is 18.3 Å². The summed E-state index contributed by atoms with van der Waals surface area (Å²) < 4.78 is 0. The summed E-state index contributed by atoms with van der Waals surface area (Å²) in [6.45, 7) is 10.8. The van der Waals surface area contributed by atoms with Crippen LogP contribution in [0.5, 0.6) is 0 Å². The summed E-state index contributed by atoms with van der Waals surface area (Å²) in [5.41, 5.74) is 0. The van der Waals surface area contributed by atoms with Gasteiger partial charge in [0.15, 0.2) is 0 Å². The molecular formula is C6H12OSi. The van der Waals surface area contributed by atoms with Crippen LogP contribution in [-0.2, 0) is 0 Å². The maximum absolute atomic E-state index is 9.25. The molecule has 0 heterocycles. The molecule has 0 saturated carbocycles. The average molecular weight is 128 g/mol. The van der Waals surface area contributed by atoms with Gasteiger partial charge in [0.2, 0.25) is 8.32 Å². The van der Waals surface area contributed by atoms with E-state index in [0.29, 0.717) is 0 Å². The third-order valence-electron chi connectivity index (χ3n) is 1.03. The molecule has 0 amide bonds. The van der Waals surface area contributed by atoms with E-state index in [1.165, 1.54) is 0 Å². The van der Waals surface area contributed by atoms with E-state index in [0.717, 1.165) is 5.20 Å². The summed E-state index contributed by atoms with van der Waals surface area (Å²) in [7, 11) is -2.07. The fourth-order valence-electron chi connectivity index (χ4n) is 0.250. The van der Waals surface area contributed by atoms with Crippen LogP contribution in [0.3, 0.4) is 0 Å². The summed E-state index contributed by atoms with van der Waals surface area (Å²) >= 11 is 0. The molecule has 0 spiro atoms. The van der Waals surface area contributed by atoms with Gasteiger partial charge >= 0.3 is 0 Å². The zero-order valence-corrected chi connectivity index (χ0v) is 6.44. The largest absolute Gasteiger partial charge is 0.428 e. The van der Waals surface area contributed by atoms with Crippen molar-refractivity contribution in [2.75, 3.05) is 0 Å². The van der Waals surface area contributed by atoms with Crippen LogP contribution in [0, 0.1) is 0 Å². The molecule has 2 heteroatoms. The highest BCUT2D eigenvalue weighted by atomic mass is 28.4. The molecule has 1 nitrogen and oxygen atoms in total. The van der Waals surface area contributed by atoms with Gasteiger partial charge in [0, 0.05) is 0 Å². The Morgan fingerprint density at radius 2 is 2.00 bits per heavy atom. The summed E-state index contributed by atoms with van der Waals surface area (Å²) in [6, 6.07) is 0. The maximum atomic E-state index is 9.25. The molecule has 0 unspecified atom stereocenters. The predicted octanol–water partition coefficient (Wildman–Crippen LogP) is 1.47. The lowest BCUT2D eigenvalue weighted by Gasteiger charge is -2.12. The van der Waals surface area contributed by atoms with E-state index in [1.54, 1.807) is 6.08 Å². The minimum atomic E-state index is -2.07. The van der Waals surface area contributed by atoms with Gasteiger partial charge in [-0.2, -0.15) is 0 Å². The third kappa shape index (κ3) is 2.09. The van der Waals surface area contributed by atoms with Crippen molar-refractivity contribution < 1.29 is 4.80 Å². The minimum absolute atomic E-state index is 0.789. The monoisotopic (exact) mass is 128 g/mol. The highest BCUT2D eigenvalue weighted by molar-refractivity contribution is 6.77. The van der Waals surface area contributed by atoms with E-state index >= 15 is 0 Å². The molecule has 0 aromatic heterocycles. The van der Waals surface area contributed by atoms with E-state index in [1.807, 2.05) is 13.1 Å². The van der Waals surface area contributed by atoms with Crippen LogP contribution in [0.1, 0.15) is 0 Å². The quantitative estimate of drug-likeness (QED) is 0.441. The van der Waals surface area contributed by atoms with Gasteiger partial charge in [-0.25, -0.2) is 0 Å². The smallest absolute Gasteiger partial charge is 0.213 e. The van der Waals surface area contributed by atoms with Crippen LogP contribution >= 0.6 is 0 Å². The van der Waals surface area contributed by atoms with Gasteiger partial charge in [-0.3, -0.25) is 0 Å². The highest BCUT2D eigenvalue weighted by Gasteiger charge is 2.17. The van der Waals surface area contributed by atoms with Gasteiger partial charge in [0.1, 0.15) is 0 Å². The SMILES string of the molecule is C=CC(=C)[Si](C)(C)O. The summed E-state index contributed by atoms with van der Waals surface area (Å²) in [5, 5.41) is 0.789. The van der Waals surface area contributed by atoms with Crippen molar-refractivity contribution in [1.29, 1.82) is 0 Å². The predicted molar refractivity (Wildman–Crippen MR) is 39.0 cm³/mol. The molecule has 0 atom stereocenters. The summed E-state index contributed by atoms with van der Waals surface area (Å²) in [4.78, 5) is 9.25. The van der Waals surface area contributed by atoms with Crippen LogP contribution in [0.15, 0.2) is 24.4 Å². The Kier molecular flexibility index (Phi) is 2.19. The normalized spacial score (nSPS) is 10.9. The zero-order chi connectivity index (χ0) is 6.78. The van der Waals surface area contributed by atoms with Crippen LogP contribution in [0.2, 0.25) is 13.1 Å². The second kappa shape index (κ2) is 2.28. The number of hydrogen-bond donors (Lipinski definition) is 1. The Morgan fingerprint density at radius 3 is 2.00 bits per heavy atom. The van der Waals surface area contributed by atoms with Crippen LogP contribution < -0.4 is 0 Å². The fourth-order valence-corrected chi connectivity index (χ4v) is 0.749. The van der Waals surface area contributed by atoms with E-state index in [-0.39, 0.29) is 0 Å². The molecule has 0 aliphatic heterocycles. The molecule has 0 saturated heterocycles.